The summed E-state index contributed by atoms with van der Waals surface area (Å²) >= 11 is 0. The zero-order chi connectivity index (χ0) is 23.4. The van der Waals surface area contributed by atoms with Crippen LogP contribution in [0.25, 0.3) is 16.6 Å². The minimum absolute atomic E-state index is 0.0376. The molecule has 8 nitrogen and oxygen atoms in total. The standard InChI is InChI=1S/C26H31N7O/c1-16-7-9-31(14-16)25-18(3)15-33-23(28-25)12-21(30-33)22-6-4-5-8-32(22)26(34)20-11-17(2)10-19-13-27-29-24(19)20/h10-13,15-16,22H,4-9,14H2,1-3H3,(H,27,29)/t16-,22-/m0/s1. The van der Waals surface area contributed by atoms with E-state index in [4.69, 9.17) is 10.1 Å². The van der Waals surface area contributed by atoms with Gasteiger partial charge in [0, 0.05) is 42.8 Å². The number of nitrogens with one attached hydrogen (secondary N) is 1. The van der Waals surface area contributed by atoms with Gasteiger partial charge < -0.3 is 9.80 Å². The van der Waals surface area contributed by atoms with Gasteiger partial charge in [-0.25, -0.2) is 9.50 Å². The SMILES string of the molecule is Cc1cc(C(=O)N2CCCC[C@H]2c2cc3nc(N4CC[C@H](C)C4)c(C)cn3n2)c2[nH]ncc2c1. The van der Waals surface area contributed by atoms with Crippen molar-refractivity contribution < 1.29 is 4.79 Å². The number of aromatic amines is 1. The molecule has 2 atom stereocenters. The Bertz CT molecular complexity index is 1390. The van der Waals surface area contributed by atoms with E-state index in [0.29, 0.717) is 11.5 Å². The van der Waals surface area contributed by atoms with Crippen LogP contribution in [0.2, 0.25) is 0 Å². The third-order valence-electron chi connectivity index (χ3n) is 7.38. The van der Waals surface area contributed by atoms with Crippen molar-refractivity contribution in [2.45, 2.75) is 52.5 Å². The Morgan fingerprint density at radius 3 is 2.82 bits per heavy atom. The highest BCUT2D eigenvalue weighted by molar-refractivity contribution is 6.05. The molecule has 1 amide bonds. The van der Waals surface area contributed by atoms with Gasteiger partial charge in [-0.3, -0.25) is 9.89 Å². The number of benzene rings is 1. The van der Waals surface area contributed by atoms with Crippen LogP contribution in [-0.2, 0) is 0 Å². The van der Waals surface area contributed by atoms with Gasteiger partial charge in [-0.05, 0) is 63.1 Å². The van der Waals surface area contributed by atoms with Crippen molar-refractivity contribution in [3.05, 3.63) is 53.0 Å². The molecule has 2 aliphatic heterocycles. The summed E-state index contributed by atoms with van der Waals surface area (Å²) in [5.74, 6) is 1.79. The van der Waals surface area contributed by atoms with Crippen molar-refractivity contribution in [2.24, 2.45) is 5.92 Å². The van der Waals surface area contributed by atoms with E-state index in [9.17, 15) is 4.79 Å². The summed E-state index contributed by atoms with van der Waals surface area (Å²) in [5.41, 5.74) is 5.44. The van der Waals surface area contributed by atoms with E-state index in [2.05, 4.69) is 47.3 Å². The van der Waals surface area contributed by atoms with E-state index in [1.54, 1.807) is 6.20 Å². The number of hydrogen-bond donors (Lipinski definition) is 1. The maximum Gasteiger partial charge on any atom is 0.256 e. The van der Waals surface area contributed by atoms with Gasteiger partial charge in [-0.2, -0.15) is 10.2 Å². The van der Waals surface area contributed by atoms with Gasteiger partial charge >= 0.3 is 0 Å². The quantitative estimate of drug-likeness (QED) is 0.492. The summed E-state index contributed by atoms with van der Waals surface area (Å²) in [5, 5.41) is 13.1. The van der Waals surface area contributed by atoms with E-state index in [1.165, 1.54) is 6.42 Å². The number of piperidine rings is 1. The molecule has 1 aromatic carbocycles. The minimum atomic E-state index is -0.0583. The lowest BCUT2D eigenvalue weighted by Crippen LogP contribution is -2.38. The first-order valence-electron chi connectivity index (χ1n) is 12.3. The number of nitrogens with zero attached hydrogens (tertiary/aromatic N) is 6. The fraction of sp³-hybridized carbons (Fsp3) is 0.462. The Morgan fingerprint density at radius 2 is 2.00 bits per heavy atom. The molecule has 1 N–H and O–H groups in total. The van der Waals surface area contributed by atoms with Crippen molar-refractivity contribution in [1.29, 1.82) is 0 Å². The first kappa shape index (κ1) is 21.1. The Labute approximate surface area is 199 Å². The lowest BCUT2D eigenvalue weighted by Gasteiger charge is -2.35. The summed E-state index contributed by atoms with van der Waals surface area (Å²) in [6, 6.07) is 6.03. The first-order chi connectivity index (χ1) is 16.5. The smallest absolute Gasteiger partial charge is 0.256 e. The molecule has 4 aromatic rings. The Balaban J connectivity index is 1.36. The van der Waals surface area contributed by atoms with E-state index in [0.717, 1.165) is 78.1 Å². The van der Waals surface area contributed by atoms with Crippen LogP contribution >= 0.6 is 0 Å². The third kappa shape index (κ3) is 3.52. The third-order valence-corrected chi connectivity index (χ3v) is 7.38. The molecule has 0 spiro atoms. The van der Waals surface area contributed by atoms with Crippen molar-refractivity contribution in [2.75, 3.05) is 24.5 Å². The molecule has 3 aromatic heterocycles. The number of aryl methyl sites for hydroxylation is 2. The number of carbonyl (C=O) groups excluding carboxylic acids is 1. The second kappa shape index (κ2) is 8.11. The van der Waals surface area contributed by atoms with Crippen molar-refractivity contribution >= 4 is 28.3 Å². The maximum absolute atomic E-state index is 13.8. The summed E-state index contributed by atoms with van der Waals surface area (Å²) in [6.07, 6.45) is 8.05. The predicted octanol–water partition coefficient (Wildman–Crippen LogP) is 4.44. The number of anilines is 1. The lowest BCUT2D eigenvalue weighted by atomic mass is 9.97. The van der Waals surface area contributed by atoms with Crippen LogP contribution < -0.4 is 4.90 Å². The molecule has 6 rings (SSSR count). The largest absolute Gasteiger partial charge is 0.356 e. The van der Waals surface area contributed by atoms with Gasteiger partial charge in [0.25, 0.3) is 5.91 Å². The first-order valence-corrected chi connectivity index (χ1v) is 12.3. The number of fused-ring (bicyclic) bond motifs is 2. The van der Waals surface area contributed by atoms with Crippen LogP contribution in [-0.4, -0.2) is 55.2 Å². The molecule has 0 bridgehead atoms. The Morgan fingerprint density at radius 1 is 1.12 bits per heavy atom. The highest BCUT2D eigenvalue weighted by atomic mass is 16.2. The molecule has 5 heterocycles. The summed E-state index contributed by atoms with van der Waals surface area (Å²) in [7, 11) is 0. The average Bonchev–Trinajstić information content (AvgIpc) is 3.56. The number of likely N-dealkylation sites (tertiary alicyclic amines) is 1. The number of aromatic nitrogens is 5. The highest BCUT2D eigenvalue weighted by Gasteiger charge is 2.32. The van der Waals surface area contributed by atoms with E-state index in [1.807, 2.05) is 22.4 Å². The van der Waals surface area contributed by atoms with Gasteiger partial charge in [0.05, 0.1) is 29.0 Å². The molecule has 176 valence electrons. The van der Waals surface area contributed by atoms with Gasteiger partial charge in [0.15, 0.2) is 5.65 Å². The highest BCUT2D eigenvalue weighted by Crippen LogP contribution is 2.34. The molecule has 0 aliphatic carbocycles. The van der Waals surface area contributed by atoms with Crippen LogP contribution in [0, 0.1) is 19.8 Å². The minimum Gasteiger partial charge on any atom is -0.356 e. The molecule has 8 heteroatoms. The van der Waals surface area contributed by atoms with Crippen molar-refractivity contribution in [1.82, 2.24) is 29.7 Å². The van der Waals surface area contributed by atoms with Crippen LogP contribution in [0.1, 0.15) is 65.8 Å². The number of H-pyrrole nitrogens is 1. The Kier molecular flexibility index (Phi) is 5.04. The van der Waals surface area contributed by atoms with Crippen molar-refractivity contribution in [3.8, 4) is 0 Å². The second-order valence-corrected chi connectivity index (χ2v) is 10.1. The van der Waals surface area contributed by atoms with Gasteiger partial charge in [0.1, 0.15) is 5.82 Å². The monoisotopic (exact) mass is 457 g/mol. The zero-order valence-corrected chi connectivity index (χ0v) is 20.1. The van der Waals surface area contributed by atoms with Crippen LogP contribution in [0.5, 0.6) is 0 Å². The molecule has 0 saturated carbocycles. The molecule has 2 aliphatic rings. The van der Waals surface area contributed by atoms with E-state index < -0.39 is 0 Å². The molecule has 2 fully saturated rings. The molecular weight excluding hydrogens is 426 g/mol. The molecule has 34 heavy (non-hydrogen) atoms. The molecule has 0 radical (unpaired) electrons. The summed E-state index contributed by atoms with van der Waals surface area (Å²) in [4.78, 5) is 23.2. The number of amides is 1. The zero-order valence-electron chi connectivity index (χ0n) is 20.1. The Hall–Kier alpha value is -3.42. The van der Waals surface area contributed by atoms with E-state index >= 15 is 0 Å². The fourth-order valence-corrected chi connectivity index (χ4v) is 5.64. The number of rotatable bonds is 3. The number of hydrogen-bond acceptors (Lipinski definition) is 5. The van der Waals surface area contributed by atoms with Gasteiger partial charge in [-0.1, -0.05) is 6.92 Å². The molecular formula is C26H31N7O. The van der Waals surface area contributed by atoms with Crippen molar-refractivity contribution in [3.63, 3.8) is 0 Å². The maximum atomic E-state index is 13.8. The normalized spacial score (nSPS) is 21.1. The summed E-state index contributed by atoms with van der Waals surface area (Å²) < 4.78 is 1.88. The molecule has 0 unspecified atom stereocenters. The topological polar surface area (TPSA) is 82.4 Å². The van der Waals surface area contributed by atoms with Crippen LogP contribution in [0.15, 0.2) is 30.6 Å². The summed E-state index contributed by atoms with van der Waals surface area (Å²) in [6.45, 7) is 9.25. The van der Waals surface area contributed by atoms with E-state index in [-0.39, 0.29) is 11.9 Å². The fourth-order valence-electron chi connectivity index (χ4n) is 5.64. The molecule has 2 saturated heterocycles. The number of carbonyl (C=O) groups is 1. The second-order valence-electron chi connectivity index (χ2n) is 10.1. The average molecular weight is 458 g/mol. The van der Waals surface area contributed by atoms with Crippen LogP contribution in [0.4, 0.5) is 5.82 Å². The van der Waals surface area contributed by atoms with Gasteiger partial charge in [-0.15, -0.1) is 0 Å². The van der Waals surface area contributed by atoms with Gasteiger partial charge in [0.2, 0.25) is 0 Å². The predicted molar refractivity (Wildman–Crippen MR) is 132 cm³/mol. The van der Waals surface area contributed by atoms with Crippen LogP contribution in [0.3, 0.4) is 0 Å². The lowest BCUT2D eigenvalue weighted by molar-refractivity contribution is 0.0607.